The van der Waals surface area contributed by atoms with E-state index in [4.69, 9.17) is 4.74 Å². The van der Waals surface area contributed by atoms with E-state index in [0.717, 1.165) is 29.8 Å². The van der Waals surface area contributed by atoms with Gasteiger partial charge in [0.15, 0.2) is 0 Å². The summed E-state index contributed by atoms with van der Waals surface area (Å²) in [6.07, 6.45) is 1.70. The van der Waals surface area contributed by atoms with E-state index in [1.807, 2.05) is 30.3 Å². The van der Waals surface area contributed by atoms with Gasteiger partial charge in [-0.25, -0.2) is 0 Å². The molecule has 0 bridgehead atoms. The minimum atomic E-state index is 0. The molecule has 0 fully saturated rings. The number of benzene rings is 2. The third-order valence-corrected chi connectivity index (χ3v) is 2.80. The summed E-state index contributed by atoms with van der Waals surface area (Å²) in [4.78, 5) is 10.7. The van der Waals surface area contributed by atoms with Crippen LogP contribution in [0, 0.1) is 0 Å². The fourth-order valence-corrected chi connectivity index (χ4v) is 1.96. The van der Waals surface area contributed by atoms with Crippen LogP contribution >= 0.6 is 0 Å². The van der Waals surface area contributed by atoms with E-state index in [9.17, 15) is 4.79 Å². The van der Waals surface area contributed by atoms with Crippen molar-refractivity contribution in [1.82, 2.24) is 0 Å². The van der Waals surface area contributed by atoms with Gasteiger partial charge in [-0.2, -0.15) is 0 Å². The molecule has 2 aromatic rings. The minimum Gasteiger partial charge on any atom is -1.00 e. The van der Waals surface area contributed by atoms with Crippen molar-refractivity contribution in [1.29, 1.82) is 0 Å². The van der Waals surface area contributed by atoms with E-state index in [1.165, 1.54) is 5.56 Å². The first kappa shape index (κ1) is 16.0. The maximum Gasteiger partial charge on any atom is 1.00 e. The third-order valence-electron chi connectivity index (χ3n) is 2.80. The van der Waals surface area contributed by atoms with Gasteiger partial charge in [-0.15, -0.1) is 0 Å². The predicted octanol–water partition coefficient (Wildman–Crippen LogP) is -2.57. The number of aldehydes is 1. The smallest absolute Gasteiger partial charge is 1.00 e. The second-order valence-corrected chi connectivity index (χ2v) is 3.87. The zero-order chi connectivity index (χ0) is 11.0. The van der Waals surface area contributed by atoms with Crippen molar-refractivity contribution in [2.24, 2.45) is 0 Å². The minimum absolute atomic E-state index is 0. The first-order chi connectivity index (χ1) is 7.86. The average Bonchev–Trinajstić information content (AvgIpc) is 2.35. The third kappa shape index (κ3) is 3.08. The van der Waals surface area contributed by atoms with Gasteiger partial charge < -0.3 is 7.59 Å². The van der Waals surface area contributed by atoms with Gasteiger partial charge in [0.05, 0.1) is 0 Å². The monoisotopic (exact) mass is 258 g/mol. The molecule has 0 unspecified atom stereocenters. The van der Waals surface area contributed by atoms with Crippen LogP contribution < -0.4 is 63.9 Å². The summed E-state index contributed by atoms with van der Waals surface area (Å²) in [7, 11) is 0. The number of ether oxygens (including phenoxy) is 1. The molecule has 3 rings (SSSR count). The molecule has 4 heteroatoms. The number of para-hydroxylation sites is 1. The molecule has 0 atom stereocenters. The largest absolute Gasteiger partial charge is 1.00 e. The van der Waals surface area contributed by atoms with Crippen molar-refractivity contribution in [2.75, 3.05) is 0 Å². The van der Waals surface area contributed by atoms with Crippen LogP contribution in [0.2, 0.25) is 0 Å². The molecular weight excluding hydrogens is 246 g/mol. The Labute approximate surface area is 153 Å². The molecule has 0 aliphatic carbocycles. The second kappa shape index (κ2) is 6.90. The Hall–Kier alpha value is -0.0900. The molecule has 0 spiro atoms. The summed E-state index contributed by atoms with van der Waals surface area (Å²) in [5.41, 5.74) is 2.97. The van der Waals surface area contributed by atoms with Crippen LogP contribution in [-0.2, 0) is 6.42 Å². The number of fused-ring (bicyclic) bond motifs is 2. The number of hydrogen-bond donors (Lipinski definition) is 0. The molecule has 1 aliphatic heterocycles. The summed E-state index contributed by atoms with van der Waals surface area (Å²) >= 11 is 0. The van der Waals surface area contributed by atoms with E-state index in [-0.39, 0.29) is 62.0 Å². The van der Waals surface area contributed by atoms with E-state index >= 15 is 0 Å². The van der Waals surface area contributed by atoms with Crippen LogP contribution in [0.5, 0.6) is 11.5 Å². The molecule has 82 valence electrons. The number of rotatable bonds is 1. The molecule has 0 aromatic heterocycles. The van der Waals surface area contributed by atoms with Crippen LogP contribution in [0.4, 0.5) is 0 Å². The van der Waals surface area contributed by atoms with Gasteiger partial charge in [0.2, 0.25) is 0 Å². The number of carbonyl (C=O) groups excluding carboxylic acids is 1. The molecule has 1 aliphatic rings. The molecule has 0 radical (unpaired) electrons. The number of hydrogen-bond acceptors (Lipinski definition) is 2. The van der Waals surface area contributed by atoms with Crippen LogP contribution in [0.25, 0.3) is 0 Å². The van der Waals surface area contributed by atoms with Gasteiger partial charge in [0.25, 0.3) is 0 Å². The Morgan fingerprint density at radius 1 is 1.00 bits per heavy atom. The zero-order valence-electron chi connectivity index (χ0n) is 12.6. The maximum absolute atomic E-state index is 10.7. The summed E-state index contributed by atoms with van der Waals surface area (Å²) in [6.45, 7) is 0. The van der Waals surface area contributed by atoms with Crippen molar-refractivity contribution in [2.45, 2.75) is 6.42 Å². The topological polar surface area (TPSA) is 26.3 Å². The summed E-state index contributed by atoms with van der Waals surface area (Å²) < 4.78 is 5.76. The van der Waals surface area contributed by atoms with Gasteiger partial charge in [-0.1, -0.05) is 30.3 Å². The normalized spacial score (nSPS) is 10.9. The molecule has 0 saturated heterocycles. The SMILES string of the molecule is O=Cc1ccc2c(c1)Oc1ccccc1C2.[H-].[H-].[Na+].[Na+]. The van der Waals surface area contributed by atoms with Gasteiger partial charge in [-0.3, -0.25) is 4.79 Å². The van der Waals surface area contributed by atoms with Crippen molar-refractivity contribution in [3.05, 3.63) is 59.2 Å². The second-order valence-electron chi connectivity index (χ2n) is 3.87. The van der Waals surface area contributed by atoms with E-state index < -0.39 is 0 Å². The van der Waals surface area contributed by atoms with Gasteiger partial charge >= 0.3 is 59.1 Å². The maximum atomic E-state index is 10.7. The first-order valence-corrected chi connectivity index (χ1v) is 5.21. The Bertz CT molecular complexity index is 577. The van der Waals surface area contributed by atoms with Gasteiger partial charge in [0.1, 0.15) is 17.8 Å². The summed E-state index contributed by atoms with van der Waals surface area (Å²) in [6, 6.07) is 13.5. The van der Waals surface area contributed by atoms with Crippen LogP contribution in [0.1, 0.15) is 24.3 Å². The van der Waals surface area contributed by atoms with Gasteiger partial charge in [-0.05, 0) is 23.3 Å². The molecule has 2 aromatic carbocycles. The standard InChI is InChI=1S/C14H10O2.2Na.2H/c15-9-10-5-6-12-8-11-3-1-2-4-13(11)16-14(12)7-10;;;;/h1-7,9H,8H2;;;;/q;2*+1;2*-1. The van der Waals surface area contributed by atoms with Crippen LogP contribution in [-0.4, -0.2) is 6.29 Å². The molecule has 0 amide bonds. The molecular formula is C14H12Na2O2. The van der Waals surface area contributed by atoms with E-state index in [2.05, 4.69) is 6.07 Å². The molecule has 0 saturated carbocycles. The molecule has 2 nitrogen and oxygen atoms in total. The van der Waals surface area contributed by atoms with E-state index in [0.29, 0.717) is 5.56 Å². The van der Waals surface area contributed by atoms with Crippen molar-refractivity contribution >= 4 is 6.29 Å². The molecule has 18 heavy (non-hydrogen) atoms. The fourth-order valence-electron chi connectivity index (χ4n) is 1.96. The molecule has 0 N–H and O–H groups in total. The van der Waals surface area contributed by atoms with Crippen LogP contribution in [0.3, 0.4) is 0 Å². The first-order valence-electron chi connectivity index (χ1n) is 5.21. The van der Waals surface area contributed by atoms with Crippen LogP contribution in [0.15, 0.2) is 42.5 Å². The number of carbonyl (C=O) groups is 1. The van der Waals surface area contributed by atoms with Crippen molar-refractivity contribution in [3.63, 3.8) is 0 Å². The average molecular weight is 258 g/mol. The summed E-state index contributed by atoms with van der Waals surface area (Å²) in [5.74, 6) is 1.68. The van der Waals surface area contributed by atoms with Gasteiger partial charge in [0, 0.05) is 12.0 Å². The fraction of sp³-hybridized carbons (Fsp3) is 0.0714. The Balaban J connectivity index is 0. The quantitative estimate of drug-likeness (QED) is 0.354. The Morgan fingerprint density at radius 3 is 2.50 bits per heavy atom. The van der Waals surface area contributed by atoms with E-state index in [1.54, 1.807) is 6.07 Å². The molecule has 1 heterocycles. The van der Waals surface area contributed by atoms with Crippen molar-refractivity contribution < 1.29 is 71.5 Å². The zero-order valence-corrected chi connectivity index (χ0v) is 14.6. The van der Waals surface area contributed by atoms with Crippen molar-refractivity contribution in [3.8, 4) is 11.5 Å². The Morgan fingerprint density at radius 2 is 1.72 bits per heavy atom. The predicted molar refractivity (Wildman–Crippen MR) is 63.4 cm³/mol. The Kier molecular flexibility index (Phi) is 6.12. The summed E-state index contributed by atoms with van der Waals surface area (Å²) in [5, 5.41) is 0.